The number of nitrogens with zero attached hydrogens (tertiary/aromatic N) is 3. The van der Waals surface area contributed by atoms with Crippen LogP contribution in [0.2, 0.25) is 0 Å². The molecular formula is C22H23FN4O2. The Morgan fingerprint density at radius 3 is 3.00 bits per heavy atom. The molecular weight excluding hydrogens is 371 g/mol. The molecule has 3 heterocycles. The number of amides is 1. The van der Waals surface area contributed by atoms with Crippen molar-refractivity contribution in [2.75, 3.05) is 18.4 Å². The summed E-state index contributed by atoms with van der Waals surface area (Å²) in [6, 6.07) is 8.47. The molecule has 1 unspecified atom stereocenters. The predicted octanol–water partition coefficient (Wildman–Crippen LogP) is 3.93. The zero-order valence-electron chi connectivity index (χ0n) is 16.5. The molecule has 1 fully saturated rings. The van der Waals surface area contributed by atoms with Crippen LogP contribution in [-0.4, -0.2) is 39.6 Å². The van der Waals surface area contributed by atoms with E-state index in [4.69, 9.17) is 4.74 Å². The lowest BCUT2D eigenvalue weighted by molar-refractivity contribution is -0.125. The minimum absolute atomic E-state index is 0.0917. The number of hydrogen-bond acceptors (Lipinski definition) is 4. The summed E-state index contributed by atoms with van der Waals surface area (Å²) in [4.78, 5) is 18.2. The number of carbonyl (C=O) groups is 1. The number of halogens is 1. The van der Waals surface area contributed by atoms with Gasteiger partial charge in [0.2, 0.25) is 11.8 Å². The number of pyridine rings is 1. The third-order valence-corrected chi connectivity index (χ3v) is 5.22. The maximum absolute atomic E-state index is 13.7. The minimum atomic E-state index is -0.313. The van der Waals surface area contributed by atoms with Gasteiger partial charge in [0.15, 0.2) is 0 Å². The number of carbonyl (C=O) groups excluding carboxylic acids is 1. The number of ether oxygens (including phenoxy) is 1. The summed E-state index contributed by atoms with van der Waals surface area (Å²) in [5.41, 5.74) is 2.52. The van der Waals surface area contributed by atoms with Gasteiger partial charge < -0.3 is 19.5 Å². The van der Waals surface area contributed by atoms with E-state index < -0.39 is 0 Å². The topological polar surface area (TPSA) is 59.4 Å². The SMILES string of the molecule is C=CC(=O)N1CCC(Oc2nc(Nc3cc(F)ccc3C)cc3c2ccn3C)C1. The monoisotopic (exact) mass is 394 g/mol. The van der Waals surface area contributed by atoms with E-state index in [0.29, 0.717) is 30.5 Å². The van der Waals surface area contributed by atoms with E-state index in [1.54, 1.807) is 11.0 Å². The van der Waals surface area contributed by atoms with E-state index >= 15 is 0 Å². The number of anilines is 2. The van der Waals surface area contributed by atoms with Crippen LogP contribution in [0.3, 0.4) is 0 Å². The fraction of sp³-hybridized carbons (Fsp3) is 0.273. The van der Waals surface area contributed by atoms with E-state index in [0.717, 1.165) is 22.9 Å². The third-order valence-electron chi connectivity index (χ3n) is 5.22. The summed E-state index contributed by atoms with van der Waals surface area (Å²) in [5, 5.41) is 4.09. The van der Waals surface area contributed by atoms with Gasteiger partial charge in [-0.3, -0.25) is 4.79 Å². The molecule has 0 spiro atoms. The smallest absolute Gasteiger partial charge is 0.246 e. The lowest BCUT2D eigenvalue weighted by atomic mass is 10.2. The summed E-state index contributed by atoms with van der Waals surface area (Å²) >= 11 is 0. The van der Waals surface area contributed by atoms with Gasteiger partial charge in [0.1, 0.15) is 17.7 Å². The first-order chi connectivity index (χ1) is 13.9. The number of benzene rings is 1. The second kappa shape index (κ2) is 7.58. The molecule has 1 aliphatic heterocycles. The van der Waals surface area contributed by atoms with Gasteiger partial charge in [0.05, 0.1) is 17.4 Å². The van der Waals surface area contributed by atoms with Crippen LogP contribution in [0, 0.1) is 12.7 Å². The Morgan fingerprint density at radius 1 is 1.38 bits per heavy atom. The highest BCUT2D eigenvalue weighted by Gasteiger charge is 2.27. The van der Waals surface area contributed by atoms with Crippen molar-refractivity contribution in [3.63, 3.8) is 0 Å². The number of rotatable bonds is 5. The molecule has 1 aromatic carbocycles. The third kappa shape index (κ3) is 3.81. The van der Waals surface area contributed by atoms with Gasteiger partial charge in [-0.05, 0) is 36.8 Å². The molecule has 7 heteroatoms. The van der Waals surface area contributed by atoms with Crippen molar-refractivity contribution in [2.45, 2.75) is 19.4 Å². The molecule has 2 aromatic heterocycles. The van der Waals surface area contributed by atoms with Gasteiger partial charge in [-0.25, -0.2) is 4.39 Å². The molecule has 4 rings (SSSR count). The van der Waals surface area contributed by atoms with Crippen molar-refractivity contribution in [1.82, 2.24) is 14.5 Å². The molecule has 1 N–H and O–H groups in total. The highest BCUT2D eigenvalue weighted by atomic mass is 19.1. The van der Waals surface area contributed by atoms with Gasteiger partial charge in [0, 0.05) is 38.0 Å². The van der Waals surface area contributed by atoms with Crippen LogP contribution in [0.4, 0.5) is 15.9 Å². The molecule has 3 aromatic rings. The quantitative estimate of drug-likeness (QED) is 0.666. The lowest BCUT2D eigenvalue weighted by Crippen LogP contribution is -2.29. The van der Waals surface area contributed by atoms with Gasteiger partial charge in [-0.1, -0.05) is 12.6 Å². The highest BCUT2D eigenvalue weighted by Crippen LogP contribution is 2.31. The van der Waals surface area contributed by atoms with E-state index in [1.165, 1.54) is 18.2 Å². The molecule has 1 aliphatic rings. The van der Waals surface area contributed by atoms with Crippen molar-refractivity contribution in [1.29, 1.82) is 0 Å². The summed E-state index contributed by atoms with van der Waals surface area (Å²) in [6.07, 6.45) is 3.86. The average Bonchev–Trinajstić information content (AvgIpc) is 3.31. The Kier molecular flexibility index (Phi) is 4.96. The van der Waals surface area contributed by atoms with Crippen LogP contribution >= 0.6 is 0 Å². The molecule has 6 nitrogen and oxygen atoms in total. The molecule has 0 bridgehead atoms. The van der Waals surface area contributed by atoms with Gasteiger partial charge in [-0.15, -0.1) is 0 Å². The van der Waals surface area contributed by atoms with Crippen LogP contribution in [0.5, 0.6) is 5.88 Å². The van der Waals surface area contributed by atoms with E-state index in [9.17, 15) is 9.18 Å². The molecule has 0 aliphatic carbocycles. The van der Waals surface area contributed by atoms with E-state index in [1.807, 2.05) is 36.9 Å². The summed E-state index contributed by atoms with van der Waals surface area (Å²) in [7, 11) is 1.95. The summed E-state index contributed by atoms with van der Waals surface area (Å²) in [6.45, 7) is 6.58. The van der Waals surface area contributed by atoms with Crippen molar-refractivity contribution in [2.24, 2.45) is 7.05 Å². The first kappa shape index (κ1) is 19.0. The van der Waals surface area contributed by atoms with Crippen LogP contribution in [0.1, 0.15) is 12.0 Å². The van der Waals surface area contributed by atoms with Gasteiger partial charge in [0.25, 0.3) is 0 Å². The Morgan fingerprint density at radius 2 is 2.21 bits per heavy atom. The number of aryl methyl sites for hydroxylation is 2. The van der Waals surface area contributed by atoms with Crippen LogP contribution in [0.15, 0.2) is 49.2 Å². The first-order valence-corrected chi connectivity index (χ1v) is 9.52. The molecule has 150 valence electrons. The van der Waals surface area contributed by atoms with Crippen molar-refractivity contribution in [3.05, 3.63) is 60.6 Å². The fourth-order valence-corrected chi connectivity index (χ4v) is 3.57. The maximum atomic E-state index is 13.7. The normalized spacial score (nSPS) is 16.2. The van der Waals surface area contributed by atoms with Gasteiger partial charge in [-0.2, -0.15) is 4.98 Å². The molecule has 0 radical (unpaired) electrons. The zero-order valence-corrected chi connectivity index (χ0v) is 16.5. The number of aromatic nitrogens is 2. The van der Waals surface area contributed by atoms with E-state index in [-0.39, 0.29) is 17.8 Å². The second-order valence-electron chi connectivity index (χ2n) is 7.27. The van der Waals surface area contributed by atoms with Crippen molar-refractivity contribution in [3.8, 4) is 5.88 Å². The number of likely N-dealkylation sites (tertiary alicyclic amines) is 1. The predicted molar refractivity (Wildman–Crippen MR) is 111 cm³/mol. The molecule has 1 saturated heterocycles. The minimum Gasteiger partial charge on any atom is -0.472 e. The molecule has 1 atom stereocenters. The van der Waals surface area contributed by atoms with Crippen molar-refractivity contribution < 1.29 is 13.9 Å². The lowest BCUT2D eigenvalue weighted by Gasteiger charge is -2.17. The molecule has 1 amide bonds. The fourth-order valence-electron chi connectivity index (χ4n) is 3.57. The summed E-state index contributed by atoms with van der Waals surface area (Å²) < 4.78 is 21.8. The summed E-state index contributed by atoms with van der Waals surface area (Å²) in [5.74, 6) is 0.663. The number of fused-ring (bicyclic) bond motifs is 1. The zero-order chi connectivity index (χ0) is 20.5. The highest BCUT2D eigenvalue weighted by molar-refractivity contribution is 5.88. The largest absolute Gasteiger partial charge is 0.472 e. The molecule has 29 heavy (non-hydrogen) atoms. The first-order valence-electron chi connectivity index (χ1n) is 9.52. The second-order valence-corrected chi connectivity index (χ2v) is 7.27. The Labute approximate surface area is 168 Å². The van der Waals surface area contributed by atoms with E-state index in [2.05, 4.69) is 16.9 Å². The average molecular weight is 394 g/mol. The Hall–Kier alpha value is -3.35. The number of hydrogen-bond donors (Lipinski definition) is 1. The number of nitrogens with one attached hydrogen (secondary N) is 1. The molecule has 0 saturated carbocycles. The Balaban J connectivity index is 1.64. The maximum Gasteiger partial charge on any atom is 0.246 e. The van der Waals surface area contributed by atoms with Crippen molar-refractivity contribution >= 4 is 28.3 Å². The van der Waals surface area contributed by atoms with Crippen LogP contribution in [-0.2, 0) is 11.8 Å². The standard InChI is InChI=1S/C22H23FN4O2/c1-4-21(28)27-10-7-16(13-27)29-22-17-8-9-26(3)19(17)12-20(25-22)24-18-11-15(23)6-5-14(18)2/h4-6,8-9,11-12,16H,1,7,10,13H2,2-3H3,(H,24,25). The van der Waals surface area contributed by atoms with Gasteiger partial charge >= 0.3 is 0 Å². The van der Waals surface area contributed by atoms with Crippen LogP contribution in [0.25, 0.3) is 10.9 Å². The van der Waals surface area contributed by atoms with Crippen LogP contribution < -0.4 is 10.1 Å². The Bertz CT molecular complexity index is 1090.